The third-order valence-corrected chi connectivity index (χ3v) is 1.96. The first-order chi connectivity index (χ1) is 7.19. The molecule has 0 amide bonds. The molecule has 1 rings (SSSR count). The maximum Gasteiger partial charge on any atom is 0.355 e. The van der Waals surface area contributed by atoms with Crippen LogP contribution < -0.4 is 5.73 Å². The van der Waals surface area contributed by atoms with Crippen LogP contribution >= 0.6 is 0 Å². The highest BCUT2D eigenvalue weighted by Crippen LogP contribution is 2.12. The fourth-order valence-electron chi connectivity index (χ4n) is 1.33. The summed E-state index contributed by atoms with van der Waals surface area (Å²) < 4.78 is 6.58. The molecule has 0 radical (unpaired) electrons. The molecule has 15 heavy (non-hydrogen) atoms. The van der Waals surface area contributed by atoms with Crippen molar-refractivity contribution in [3.63, 3.8) is 0 Å². The number of aliphatic hydroxyl groups excluding tert-OH is 1. The summed E-state index contributed by atoms with van der Waals surface area (Å²) in [6, 6.07) is 1.58. The van der Waals surface area contributed by atoms with Gasteiger partial charge in [-0.15, -0.1) is 0 Å². The molecule has 3 N–H and O–H groups in total. The number of carbonyl (C=O) groups excluding carboxylic acids is 1. The molecule has 0 aliphatic heterocycles. The molecule has 5 heteroatoms. The SMILES string of the molecule is CCOC(=O)c1cc(N)cn1CCCO. The first-order valence-electron chi connectivity index (χ1n) is 4.92. The predicted molar refractivity (Wildman–Crippen MR) is 56.5 cm³/mol. The number of anilines is 1. The van der Waals surface area contributed by atoms with E-state index in [2.05, 4.69) is 0 Å². The Bertz CT molecular complexity index is 333. The first kappa shape index (κ1) is 11.6. The summed E-state index contributed by atoms with van der Waals surface area (Å²) in [4.78, 5) is 11.5. The molecule has 0 bridgehead atoms. The normalized spacial score (nSPS) is 10.3. The van der Waals surface area contributed by atoms with Crippen molar-refractivity contribution >= 4 is 11.7 Å². The van der Waals surface area contributed by atoms with E-state index in [0.29, 0.717) is 31.0 Å². The predicted octanol–water partition coefficient (Wildman–Crippen LogP) is 0.629. The topological polar surface area (TPSA) is 77.5 Å². The summed E-state index contributed by atoms with van der Waals surface area (Å²) in [7, 11) is 0. The number of hydrogen-bond acceptors (Lipinski definition) is 4. The van der Waals surface area contributed by atoms with Crippen molar-refractivity contribution in [2.45, 2.75) is 19.9 Å². The van der Waals surface area contributed by atoms with Crippen LogP contribution in [-0.4, -0.2) is 28.9 Å². The van der Waals surface area contributed by atoms with Crippen LogP contribution in [0.1, 0.15) is 23.8 Å². The number of esters is 1. The van der Waals surface area contributed by atoms with Gasteiger partial charge in [0.15, 0.2) is 0 Å². The van der Waals surface area contributed by atoms with Gasteiger partial charge in [0.2, 0.25) is 0 Å². The van der Waals surface area contributed by atoms with E-state index >= 15 is 0 Å². The Morgan fingerprint density at radius 1 is 1.67 bits per heavy atom. The number of nitrogen functional groups attached to an aromatic ring is 1. The van der Waals surface area contributed by atoms with Crippen LogP contribution in [-0.2, 0) is 11.3 Å². The molecule has 0 saturated heterocycles. The van der Waals surface area contributed by atoms with Gasteiger partial charge < -0.3 is 20.1 Å². The molecule has 84 valence electrons. The van der Waals surface area contributed by atoms with E-state index in [1.54, 1.807) is 23.8 Å². The summed E-state index contributed by atoms with van der Waals surface area (Å²) in [5.74, 6) is -0.382. The molecule has 0 fully saturated rings. The second-order valence-corrected chi connectivity index (χ2v) is 3.15. The Morgan fingerprint density at radius 2 is 2.40 bits per heavy atom. The maximum atomic E-state index is 11.5. The van der Waals surface area contributed by atoms with Crippen molar-refractivity contribution < 1.29 is 14.6 Å². The van der Waals surface area contributed by atoms with Crippen LogP contribution in [0.5, 0.6) is 0 Å². The van der Waals surface area contributed by atoms with Gasteiger partial charge in [-0.2, -0.15) is 0 Å². The lowest BCUT2D eigenvalue weighted by Gasteiger charge is -2.06. The van der Waals surface area contributed by atoms with Gasteiger partial charge in [-0.25, -0.2) is 4.79 Å². The number of rotatable bonds is 5. The number of nitrogens with zero attached hydrogens (tertiary/aromatic N) is 1. The van der Waals surface area contributed by atoms with Crippen molar-refractivity contribution in [3.8, 4) is 0 Å². The number of carbonyl (C=O) groups is 1. The zero-order valence-corrected chi connectivity index (χ0v) is 8.77. The van der Waals surface area contributed by atoms with E-state index in [4.69, 9.17) is 15.6 Å². The van der Waals surface area contributed by atoms with Crippen LogP contribution in [0.15, 0.2) is 12.3 Å². The van der Waals surface area contributed by atoms with E-state index in [9.17, 15) is 4.79 Å². The van der Waals surface area contributed by atoms with Gasteiger partial charge in [0.05, 0.1) is 12.3 Å². The van der Waals surface area contributed by atoms with Crippen molar-refractivity contribution in [2.75, 3.05) is 18.9 Å². The maximum absolute atomic E-state index is 11.5. The average molecular weight is 212 g/mol. The molecule has 1 aromatic rings. The van der Waals surface area contributed by atoms with E-state index < -0.39 is 0 Å². The number of ether oxygens (including phenoxy) is 1. The highest BCUT2D eigenvalue weighted by atomic mass is 16.5. The molecular formula is C10H16N2O3. The lowest BCUT2D eigenvalue weighted by molar-refractivity contribution is 0.0513. The highest BCUT2D eigenvalue weighted by molar-refractivity contribution is 5.89. The zero-order valence-electron chi connectivity index (χ0n) is 8.77. The van der Waals surface area contributed by atoms with E-state index in [1.807, 2.05) is 0 Å². The smallest absolute Gasteiger partial charge is 0.355 e. The molecule has 0 aromatic carbocycles. The van der Waals surface area contributed by atoms with Crippen LogP contribution in [0.25, 0.3) is 0 Å². The zero-order chi connectivity index (χ0) is 11.3. The van der Waals surface area contributed by atoms with Gasteiger partial charge in [0, 0.05) is 19.3 Å². The lowest BCUT2D eigenvalue weighted by Crippen LogP contribution is -2.12. The van der Waals surface area contributed by atoms with E-state index in [1.165, 1.54) is 0 Å². The summed E-state index contributed by atoms with van der Waals surface area (Å²) in [6.45, 7) is 2.73. The Morgan fingerprint density at radius 3 is 3.00 bits per heavy atom. The van der Waals surface area contributed by atoms with Gasteiger partial charge in [-0.1, -0.05) is 0 Å². The number of aromatic nitrogens is 1. The Balaban J connectivity index is 2.80. The highest BCUT2D eigenvalue weighted by Gasteiger charge is 2.13. The van der Waals surface area contributed by atoms with Gasteiger partial charge in [0.1, 0.15) is 5.69 Å². The molecule has 0 unspecified atom stereocenters. The summed E-state index contributed by atoms with van der Waals surface area (Å²) in [5.41, 5.74) is 6.55. The van der Waals surface area contributed by atoms with Crippen LogP contribution in [0.3, 0.4) is 0 Å². The molecule has 1 aromatic heterocycles. The third kappa shape index (κ3) is 2.99. The fourth-order valence-corrected chi connectivity index (χ4v) is 1.33. The van der Waals surface area contributed by atoms with Gasteiger partial charge in [-0.3, -0.25) is 0 Å². The van der Waals surface area contributed by atoms with Crippen molar-refractivity contribution in [2.24, 2.45) is 0 Å². The summed E-state index contributed by atoms with van der Waals surface area (Å²) >= 11 is 0. The minimum absolute atomic E-state index is 0.0837. The number of aliphatic hydroxyl groups is 1. The molecule has 5 nitrogen and oxygen atoms in total. The summed E-state index contributed by atoms with van der Waals surface area (Å²) in [6.07, 6.45) is 2.25. The van der Waals surface area contributed by atoms with Crippen molar-refractivity contribution in [3.05, 3.63) is 18.0 Å². The standard InChI is InChI=1S/C10H16N2O3/c1-2-15-10(14)9-6-8(11)7-12(9)4-3-5-13/h6-7,13H,2-5,11H2,1H3. The van der Waals surface area contributed by atoms with E-state index in [-0.39, 0.29) is 12.6 Å². The van der Waals surface area contributed by atoms with Crippen LogP contribution in [0, 0.1) is 0 Å². The lowest BCUT2D eigenvalue weighted by atomic mass is 10.4. The quantitative estimate of drug-likeness (QED) is 0.702. The molecule has 0 spiro atoms. The second-order valence-electron chi connectivity index (χ2n) is 3.15. The van der Waals surface area contributed by atoms with E-state index in [0.717, 1.165) is 0 Å². The largest absolute Gasteiger partial charge is 0.461 e. The minimum atomic E-state index is -0.382. The fraction of sp³-hybridized carbons (Fsp3) is 0.500. The summed E-state index contributed by atoms with van der Waals surface area (Å²) in [5, 5.41) is 8.71. The average Bonchev–Trinajstić information content (AvgIpc) is 2.57. The molecule has 0 aliphatic carbocycles. The molecular weight excluding hydrogens is 196 g/mol. The number of nitrogens with two attached hydrogens (primary N) is 1. The van der Waals surface area contributed by atoms with Crippen LogP contribution in [0.2, 0.25) is 0 Å². The van der Waals surface area contributed by atoms with Crippen molar-refractivity contribution in [1.29, 1.82) is 0 Å². The van der Waals surface area contributed by atoms with Gasteiger partial charge >= 0.3 is 5.97 Å². The number of aryl methyl sites for hydroxylation is 1. The Hall–Kier alpha value is -1.49. The second kappa shape index (κ2) is 5.41. The molecule has 0 aliphatic rings. The molecule has 1 heterocycles. The number of hydrogen-bond donors (Lipinski definition) is 2. The van der Waals surface area contributed by atoms with Crippen LogP contribution in [0.4, 0.5) is 5.69 Å². The first-order valence-corrected chi connectivity index (χ1v) is 4.92. The Kier molecular flexibility index (Phi) is 4.17. The molecule has 0 atom stereocenters. The molecule has 0 saturated carbocycles. The van der Waals surface area contributed by atoms with Crippen molar-refractivity contribution in [1.82, 2.24) is 4.57 Å². The minimum Gasteiger partial charge on any atom is -0.461 e. The van der Waals surface area contributed by atoms with Gasteiger partial charge in [-0.05, 0) is 19.4 Å². The third-order valence-electron chi connectivity index (χ3n) is 1.96. The van der Waals surface area contributed by atoms with Gasteiger partial charge in [0.25, 0.3) is 0 Å². The Labute approximate surface area is 88.4 Å². The monoisotopic (exact) mass is 212 g/mol.